The summed E-state index contributed by atoms with van der Waals surface area (Å²) in [5, 5.41) is 7.60. The van der Waals surface area contributed by atoms with Crippen LogP contribution in [0.5, 0.6) is 0 Å². The van der Waals surface area contributed by atoms with Gasteiger partial charge in [-0.3, -0.25) is 5.10 Å². The minimum absolute atomic E-state index is 0.486. The van der Waals surface area contributed by atoms with Crippen molar-refractivity contribution in [3.63, 3.8) is 0 Å². The third-order valence-electron chi connectivity index (χ3n) is 5.23. The molecular weight excluding hydrogens is 338 g/mol. The molecule has 1 fully saturated rings. The Labute approximate surface area is 159 Å². The van der Waals surface area contributed by atoms with Gasteiger partial charge in [0.25, 0.3) is 0 Å². The van der Waals surface area contributed by atoms with Crippen LogP contribution in [0.4, 0.5) is 5.82 Å². The molecule has 0 atom stereocenters. The van der Waals surface area contributed by atoms with Crippen LogP contribution >= 0.6 is 0 Å². The number of H-pyrrole nitrogens is 1. The third-order valence-corrected chi connectivity index (χ3v) is 5.23. The van der Waals surface area contributed by atoms with Gasteiger partial charge < -0.3 is 9.64 Å². The minimum atomic E-state index is 0.486. The number of rotatable bonds is 5. The van der Waals surface area contributed by atoms with Crippen LogP contribution in [-0.4, -0.2) is 40.4 Å². The van der Waals surface area contributed by atoms with E-state index in [0.29, 0.717) is 12.5 Å². The van der Waals surface area contributed by atoms with Gasteiger partial charge in [-0.15, -0.1) is 0 Å². The molecule has 0 bridgehead atoms. The van der Waals surface area contributed by atoms with Crippen molar-refractivity contribution in [3.8, 4) is 11.1 Å². The molecule has 1 aliphatic heterocycles. The number of ether oxygens (including phenoxy) is 1. The largest absolute Gasteiger partial charge is 0.378 e. The van der Waals surface area contributed by atoms with E-state index in [1.54, 1.807) is 13.4 Å². The van der Waals surface area contributed by atoms with E-state index < -0.39 is 0 Å². The summed E-state index contributed by atoms with van der Waals surface area (Å²) >= 11 is 0. The Balaban J connectivity index is 1.48. The number of hydrogen-bond donors (Lipinski definition) is 1. The van der Waals surface area contributed by atoms with E-state index in [0.717, 1.165) is 37.4 Å². The van der Waals surface area contributed by atoms with Crippen LogP contribution in [-0.2, 0) is 11.3 Å². The zero-order valence-electron chi connectivity index (χ0n) is 15.9. The summed E-state index contributed by atoms with van der Waals surface area (Å²) in [6.45, 7) is 4.59. The molecule has 0 radical (unpaired) electrons. The number of anilines is 1. The minimum Gasteiger partial charge on any atom is -0.378 e. The van der Waals surface area contributed by atoms with Crippen molar-refractivity contribution in [3.05, 3.63) is 59.8 Å². The maximum Gasteiger partial charge on any atom is 0.132 e. The summed E-state index contributed by atoms with van der Waals surface area (Å²) in [5.74, 6) is 1.47. The summed E-state index contributed by atoms with van der Waals surface area (Å²) in [6, 6.07) is 10.6. The van der Waals surface area contributed by atoms with E-state index in [9.17, 15) is 0 Å². The summed E-state index contributed by atoms with van der Waals surface area (Å²) in [6.07, 6.45) is 5.73. The molecule has 1 saturated heterocycles. The predicted molar refractivity (Wildman–Crippen MR) is 106 cm³/mol. The van der Waals surface area contributed by atoms with Crippen molar-refractivity contribution in [2.45, 2.75) is 32.3 Å². The van der Waals surface area contributed by atoms with Crippen molar-refractivity contribution < 1.29 is 4.74 Å². The zero-order valence-corrected chi connectivity index (χ0v) is 15.9. The number of methoxy groups -OCH3 is 1. The summed E-state index contributed by atoms with van der Waals surface area (Å²) in [7, 11) is 1.68. The Morgan fingerprint density at radius 1 is 1.19 bits per heavy atom. The van der Waals surface area contributed by atoms with Gasteiger partial charge in [0.2, 0.25) is 0 Å². The topological polar surface area (TPSA) is 66.9 Å². The number of nitrogens with one attached hydrogen (secondary N) is 1. The zero-order chi connectivity index (χ0) is 18.6. The monoisotopic (exact) mass is 363 g/mol. The normalized spacial score (nSPS) is 15.3. The Morgan fingerprint density at radius 2 is 2.04 bits per heavy atom. The summed E-state index contributed by atoms with van der Waals surface area (Å²) in [4.78, 5) is 11.0. The third kappa shape index (κ3) is 3.85. The van der Waals surface area contributed by atoms with Crippen LogP contribution < -0.4 is 4.90 Å². The van der Waals surface area contributed by atoms with Gasteiger partial charge in [-0.25, -0.2) is 9.97 Å². The van der Waals surface area contributed by atoms with Gasteiger partial charge in [-0.05, 0) is 25.3 Å². The van der Waals surface area contributed by atoms with E-state index in [2.05, 4.69) is 56.3 Å². The number of nitrogens with zero attached hydrogens (tertiary/aromatic N) is 4. The molecule has 0 amide bonds. The lowest BCUT2D eigenvalue weighted by Gasteiger charge is -2.32. The first-order valence-electron chi connectivity index (χ1n) is 9.39. The molecule has 6 nitrogen and oxygen atoms in total. The average Bonchev–Trinajstić information content (AvgIpc) is 3.19. The molecular formula is C21H25N5O. The number of piperidine rings is 1. The van der Waals surface area contributed by atoms with Crippen LogP contribution in [0.25, 0.3) is 11.1 Å². The number of aromatic amines is 1. The number of hydrogen-bond acceptors (Lipinski definition) is 5. The molecule has 0 aliphatic carbocycles. The molecule has 1 aromatic carbocycles. The second kappa shape index (κ2) is 7.88. The molecule has 140 valence electrons. The molecule has 1 aliphatic rings. The molecule has 4 rings (SSSR count). The van der Waals surface area contributed by atoms with E-state index in [4.69, 9.17) is 4.74 Å². The summed E-state index contributed by atoms with van der Waals surface area (Å²) in [5.41, 5.74) is 5.90. The van der Waals surface area contributed by atoms with Gasteiger partial charge in [0, 0.05) is 43.4 Å². The first-order chi connectivity index (χ1) is 13.2. The van der Waals surface area contributed by atoms with Gasteiger partial charge in [0.1, 0.15) is 12.1 Å². The smallest absolute Gasteiger partial charge is 0.132 e. The Morgan fingerprint density at radius 3 is 2.81 bits per heavy atom. The van der Waals surface area contributed by atoms with E-state index >= 15 is 0 Å². The van der Waals surface area contributed by atoms with Gasteiger partial charge in [0.15, 0.2) is 0 Å². The van der Waals surface area contributed by atoms with Crippen LogP contribution in [0.3, 0.4) is 0 Å². The lowest BCUT2D eigenvalue weighted by atomic mass is 9.89. The Kier molecular flexibility index (Phi) is 5.16. The van der Waals surface area contributed by atoms with Crippen molar-refractivity contribution in [2.24, 2.45) is 0 Å². The fourth-order valence-corrected chi connectivity index (χ4v) is 3.83. The summed E-state index contributed by atoms with van der Waals surface area (Å²) < 4.78 is 5.18. The van der Waals surface area contributed by atoms with E-state index in [1.807, 2.05) is 12.3 Å². The molecule has 1 N–H and O–H groups in total. The Hall–Kier alpha value is -2.73. The Bertz CT molecular complexity index is 899. The number of aryl methyl sites for hydroxylation is 1. The molecule has 6 heteroatoms. The van der Waals surface area contributed by atoms with E-state index in [-0.39, 0.29) is 0 Å². The average molecular weight is 363 g/mol. The van der Waals surface area contributed by atoms with Crippen LogP contribution in [0.15, 0.2) is 42.9 Å². The van der Waals surface area contributed by atoms with Gasteiger partial charge in [0.05, 0.1) is 18.5 Å². The molecule has 27 heavy (non-hydrogen) atoms. The SMILES string of the molecule is COCc1cc(N2CCC(c3[nH]ncc3-c3cccc(C)c3)CC2)ncn1. The van der Waals surface area contributed by atoms with Crippen molar-refractivity contribution >= 4 is 5.82 Å². The van der Waals surface area contributed by atoms with Crippen molar-refractivity contribution in [1.29, 1.82) is 0 Å². The van der Waals surface area contributed by atoms with Gasteiger partial charge in [-0.2, -0.15) is 5.10 Å². The fourth-order valence-electron chi connectivity index (χ4n) is 3.83. The highest BCUT2D eigenvalue weighted by Gasteiger charge is 2.25. The standard InChI is InChI=1S/C21H25N5O/c1-15-4-3-5-17(10-15)19-12-24-25-21(19)16-6-8-26(9-7-16)20-11-18(13-27-2)22-14-23-20/h3-5,10-12,14,16H,6-9,13H2,1-2H3,(H,24,25). The quantitative estimate of drug-likeness (QED) is 0.748. The second-order valence-corrected chi connectivity index (χ2v) is 7.13. The molecule has 3 heterocycles. The van der Waals surface area contributed by atoms with Crippen molar-refractivity contribution in [2.75, 3.05) is 25.1 Å². The second-order valence-electron chi connectivity index (χ2n) is 7.13. The molecule has 2 aromatic heterocycles. The lowest BCUT2D eigenvalue weighted by molar-refractivity contribution is 0.181. The molecule has 3 aromatic rings. The number of benzene rings is 1. The first kappa shape index (κ1) is 17.7. The van der Waals surface area contributed by atoms with Gasteiger partial charge in [-0.1, -0.05) is 29.8 Å². The highest BCUT2D eigenvalue weighted by Crippen LogP contribution is 2.35. The fraction of sp³-hybridized carbons (Fsp3) is 0.381. The molecule has 0 spiro atoms. The number of aromatic nitrogens is 4. The highest BCUT2D eigenvalue weighted by molar-refractivity contribution is 5.66. The highest BCUT2D eigenvalue weighted by atomic mass is 16.5. The van der Waals surface area contributed by atoms with Crippen LogP contribution in [0.1, 0.15) is 35.7 Å². The molecule has 0 unspecified atom stereocenters. The van der Waals surface area contributed by atoms with Crippen molar-refractivity contribution in [1.82, 2.24) is 20.2 Å². The predicted octanol–water partition coefficient (Wildman–Crippen LogP) is 3.71. The van der Waals surface area contributed by atoms with Crippen LogP contribution in [0, 0.1) is 6.92 Å². The van der Waals surface area contributed by atoms with Crippen LogP contribution in [0.2, 0.25) is 0 Å². The maximum absolute atomic E-state index is 5.18. The molecule has 0 saturated carbocycles. The van der Waals surface area contributed by atoms with E-state index in [1.165, 1.54) is 22.4 Å². The first-order valence-corrected chi connectivity index (χ1v) is 9.39. The maximum atomic E-state index is 5.18. The van der Waals surface area contributed by atoms with Gasteiger partial charge >= 0.3 is 0 Å². The lowest BCUT2D eigenvalue weighted by Crippen LogP contribution is -2.33.